The number of rotatable bonds is 6. The van der Waals surface area contributed by atoms with E-state index in [1.165, 1.54) is 17.5 Å². The molecule has 1 unspecified atom stereocenters. The minimum absolute atomic E-state index is 0.519. The molecule has 1 aromatic carbocycles. The molecule has 1 aromatic rings. The largest absolute Gasteiger partial charge is 0.314 e. The summed E-state index contributed by atoms with van der Waals surface area (Å²) in [4.78, 5) is 2.61. The van der Waals surface area contributed by atoms with Crippen LogP contribution in [0.25, 0.3) is 0 Å². The van der Waals surface area contributed by atoms with Gasteiger partial charge in [-0.15, -0.1) is 0 Å². The molecule has 2 rings (SSSR count). The van der Waals surface area contributed by atoms with Crippen molar-refractivity contribution in [1.82, 2.24) is 10.2 Å². The third-order valence-corrected chi connectivity index (χ3v) is 4.20. The fraction of sp³-hybridized carbons (Fsp3) is 0.647. The number of benzene rings is 1. The van der Waals surface area contributed by atoms with Gasteiger partial charge in [-0.3, -0.25) is 4.90 Å². The summed E-state index contributed by atoms with van der Waals surface area (Å²) in [6, 6.07) is 10.5. The Morgan fingerprint density at radius 1 is 1.16 bits per heavy atom. The zero-order chi connectivity index (χ0) is 13.8. The summed E-state index contributed by atoms with van der Waals surface area (Å²) in [7, 11) is 0. The highest BCUT2D eigenvalue weighted by Crippen LogP contribution is 2.24. The quantitative estimate of drug-likeness (QED) is 0.844. The van der Waals surface area contributed by atoms with Gasteiger partial charge in [0, 0.05) is 25.2 Å². The van der Waals surface area contributed by atoms with Gasteiger partial charge < -0.3 is 5.32 Å². The summed E-state index contributed by atoms with van der Waals surface area (Å²) in [5, 5.41) is 3.37. The van der Waals surface area contributed by atoms with E-state index in [0.717, 1.165) is 31.6 Å². The van der Waals surface area contributed by atoms with Gasteiger partial charge in [0.05, 0.1) is 0 Å². The van der Waals surface area contributed by atoms with E-state index in [9.17, 15) is 0 Å². The van der Waals surface area contributed by atoms with Gasteiger partial charge in [-0.2, -0.15) is 0 Å². The van der Waals surface area contributed by atoms with Crippen molar-refractivity contribution >= 4 is 0 Å². The molecule has 0 aliphatic carbocycles. The van der Waals surface area contributed by atoms with E-state index in [-0.39, 0.29) is 0 Å². The number of nitrogens with one attached hydrogen (secondary N) is 1. The summed E-state index contributed by atoms with van der Waals surface area (Å²) in [5.41, 5.74) is 2.90. The van der Waals surface area contributed by atoms with Crippen LogP contribution in [-0.4, -0.2) is 30.6 Å². The van der Waals surface area contributed by atoms with Crippen LogP contribution in [0.4, 0.5) is 0 Å². The third kappa shape index (κ3) is 3.58. The lowest BCUT2D eigenvalue weighted by molar-refractivity contribution is 0.110. The molecule has 1 N–H and O–H groups in total. The maximum Gasteiger partial charge on any atom is 0.0351 e. The summed E-state index contributed by atoms with van der Waals surface area (Å²) < 4.78 is 0. The van der Waals surface area contributed by atoms with Crippen LogP contribution in [0.5, 0.6) is 0 Å². The van der Waals surface area contributed by atoms with Crippen LogP contribution >= 0.6 is 0 Å². The fourth-order valence-electron chi connectivity index (χ4n) is 2.95. The monoisotopic (exact) mass is 260 g/mol. The Balaban J connectivity index is 2.03. The van der Waals surface area contributed by atoms with Crippen molar-refractivity contribution in [3.63, 3.8) is 0 Å². The van der Waals surface area contributed by atoms with Gasteiger partial charge in [0.1, 0.15) is 0 Å². The molecule has 0 spiro atoms. The molecule has 2 heteroatoms. The average molecular weight is 260 g/mol. The Kier molecular flexibility index (Phi) is 5.00. The average Bonchev–Trinajstić information content (AvgIpc) is 2.33. The normalized spacial score (nSPS) is 17.8. The molecule has 1 saturated heterocycles. The number of hydrogen-bond acceptors (Lipinski definition) is 2. The molecule has 1 aliphatic rings. The Labute approximate surface area is 118 Å². The van der Waals surface area contributed by atoms with Crippen LogP contribution in [-0.2, 0) is 6.42 Å². The lowest BCUT2D eigenvalue weighted by Crippen LogP contribution is -2.57. The van der Waals surface area contributed by atoms with Gasteiger partial charge in [-0.1, -0.05) is 45.0 Å². The summed E-state index contributed by atoms with van der Waals surface area (Å²) in [6.07, 6.45) is 1.18. The smallest absolute Gasteiger partial charge is 0.0351 e. The highest BCUT2D eigenvalue weighted by atomic mass is 15.2. The van der Waals surface area contributed by atoms with E-state index in [1.54, 1.807) is 0 Å². The van der Waals surface area contributed by atoms with Crippen LogP contribution < -0.4 is 5.32 Å². The SMILES string of the molecule is CCN(C1CNC1)C(C)c1ccc(CC(C)C)cc1. The number of hydrogen-bond donors (Lipinski definition) is 1. The van der Waals surface area contributed by atoms with Crippen LogP contribution in [0, 0.1) is 5.92 Å². The van der Waals surface area contributed by atoms with Crippen molar-refractivity contribution in [2.75, 3.05) is 19.6 Å². The molecule has 0 aromatic heterocycles. The van der Waals surface area contributed by atoms with Crippen LogP contribution in [0.15, 0.2) is 24.3 Å². The van der Waals surface area contributed by atoms with E-state index >= 15 is 0 Å². The first-order valence-electron chi connectivity index (χ1n) is 7.67. The zero-order valence-corrected chi connectivity index (χ0v) is 12.8. The molecular formula is C17H28N2. The van der Waals surface area contributed by atoms with Crippen molar-refractivity contribution in [3.05, 3.63) is 35.4 Å². The molecule has 1 atom stereocenters. The molecule has 1 heterocycles. The van der Waals surface area contributed by atoms with Crippen LogP contribution in [0.1, 0.15) is 44.9 Å². The Hall–Kier alpha value is -0.860. The predicted octanol–water partition coefficient (Wildman–Crippen LogP) is 3.24. The second-order valence-corrected chi connectivity index (χ2v) is 6.16. The summed E-state index contributed by atoms with van der Waals surface area (Å²) in [5.74, 6) is 0.733. The van der Waals surface area contributed by atoms with Crippen LogP contribution in [0.3, 0.4) is 0 Å². The predicted molar refractivity (Wildman–Crippen MR) is 82.4 cm³/mol. The summed E-state index contributed by atoms with van der Waals surface area (Å²) >= 11 is 0. The van der Waals surface area contributed by atoms with Crippen LogP contribution in [0.2, 0.25) is 0 Å². The number of nitrogens with zero attached hydrogens (tertiary/aromatic N) is 1. The highest BCUT2D eigenvalue weighted by molar-refractivity contribution is 5.25. The summed E-state index contributed by atoms with van der Waals surface area (Å²) in [6.45, 7) is 12.6. The molecule has 0 radical (unpaired) electrons. The van der Waals surface area contributed by atoms with E-state index < -0.39 is 0 Å². The maximum absolute atomic E-state index is 3.37. The van der Waals surface area contributed by atoms with Crippen molar-refractivity contribution in [2.45, 2.75) is 46.2 Å². The molecule has 1 fully saturated rings. The van der Waals surface area contributed by atoms with Crippen molar-refractivity contribution in [2.24, 2.45) is 5.92 Å². The molecule has 2 nitrogen and oxygen atoms in total. The molecule has 19 heavy (non-hydrogen) atoms. The van der Waals surface area contributed by atoms with Gasteiger partial charge in [0.25, 0.3) is 0 Å². The van der Waals surface area contributed by atoms with Gasteiger partial charge in [0.15, 0.2) is 0 Å². The van der Waals surface area contributed by atoms with Gasteiger partial charge >= 0.3 is 0 Å². The second kappa shape index (κ2) is 6.53. The first-order chi connectivity index (χ1) is 9.11. The minimum Gasteiger partial charge on any atom is -0.314 e. The Bertz CT molecular complexity index is 379. The van der Waals surface area contributed by atoms with E-state index in [4.69, 9.17) is 0 Å². The first-order valence-corrected chi connectivity index (χ1v) is 7.67. The first kappa shape index (κ1) is 14.5. The van der Waals surface area contributed by atoms with E-state index in [1.807, 2.05) is 0 Å². The minimum atomic E-state index is 0.519. The molecule has 0 bridgehead atoms. The lowest BCUT2D eigenvalue weighted by Gasteiger charge is -2.41. The maximum atomic E-state index is 3.37. The van der Waals surface area contributed by atoms with Crippen molar-refractivity contribution in [1.29, 1.82) is 0 Å². The van der Waals surface area contributed by atoms with E-state index in [0.29, 0.717) is 6.04 Å². The topological polar surface area (TPSA) is 15.3 Å². The van der Waals surface area contributed by atoms with Gasteiger partial charge in [0.2, 0.25) is 0 Å². The Morgan fingerprint density at radius 2 is 1.79 bits per heavy atom. The zero-order valence-electron chi connectivity index (χ0n) is 12.8. The molecule has 0 saturated carbocycles. The lowest BCUT2D eigenvalue weighted by atomic mass is 9.98. The molecule has 106 valence electrons. The Morgan fingerprint density at radius 3 is 2.21 bits per heavy atom. The highest BCUT2D eigenvalue weighted by Gasteiger charge is 2.27. The van der Waals surface area contributed by atoms with Gasteiger partial charge in [-0.25, -0.2) is 0 Å². The second-order valence-electron chi connectivity index (χ2n) is 6.16. The fourth-order valence-corrected chi connectivity index (χ4v) is 2.95. The third-order valence-electron chi connectivity index (χ3n) is 4.20. The molecule has 1 aliphatic heterocycles. The van der Waals surface area contributed by atoms with Crippen molar-refractivity contribution < 1.29 is 0 Å². The molecular weight excluding hydrogens is 232 g/mol. The molecule has 0 amide bonds. The standard InChI is InChI=1S/C17H28N2/c1-5-19(17-11-18-12-17)14(4)16-8-6-15(7-9-16)10-13(2)3/h6-9,13-14,17-18H,5,10-12H2,1-4H3. The van der Waals surface area contributed by atoms with E-state index in [2.05, 4.69) is 62.2 Å². The number of likely N-dealkylation sites (N-methyl/N-ethyl adjacent to an activating group) is 1. The van der Waals surface area contributed by atoms with Gasteiger partial charge in [-0.05, 0) is 36.9 Å². The van der Waals surface area contributed by atoms with Crippen molar-refractivity contribution in [3.8, 4) is 0 Å².